The maximum atomic E-state index is 4.35. The van der Waals surface area contributed by atoms with Crippen molar-refractivity contribution >= 4 is 21.9 Å². The van der Waals surface area contributed by atoms with Gasteiger partial charge in [0.05, 0.1) is 0 Å². The number of aliphatic imine (C=N–C) groups is 1. The summed E-state index contributed by atoms with van der Waals surface area (Å²) in [5.74, 6) is 1.02. The van der Waals surface area contributed by atoms with Gasteiger partial charge in [0.2, 0.25) is 0 Å². The van der Waals surface area contributed by atoms with E-state index >= 15 is 0 Å². The number of guanidine groups is 1. The van der Waals surface area contributed by atoms with Gasteiger partial charge in [-0.2, -0.15) is 0 Å². The molecule has 1 aliphatic heterocycles. The number of nitrogens with zero attached hydrogens (tertiary/aromatic N) is 3. The van der Waals surface area contributed by atoms with Gasteiger partial charge in [0.1, 0.15) is 0 Å². The Labute approximate surface area is 136 Å². The first kappa shape index (κ1) is 16.3. The molecule has 0 saturated carbocycles. The van der Waals surface area contributed by atoms with Gasteiger partial charge in [-0.1, -0.05) is 28.1 Å². The second-order valence-corrected chi connectivity index (χ2v) is 6.24. The smallest absolute Gasteiger partial charge is 0.193 e. The third kappa shape index (κ3) is 4.20. The van der Waals surface area contributed by atoms with Crippen LogP contribution in [0.1, 0.15) is 25.5 Å². The van der Waals surface area contributed by atoms with Gasteiger partial charge in [0, 0.05) is 50.3 Å². The molecule has 0 aromatic heterocycles. The molecule has 116 valence electrons. The summed E-state index contributed by atoms with van der Waals surface area (Å²) in [7, 11) is 1.86. The van der Waals surface area contributed by atoms with Crippen LogP contribution in [-0.4, -0.2) is 55.5 Å². The van der Waals surface area contributed by atoms with Crippen LogP contribution >= 0.6 is 15.9 Å². The number of piperazine rings is 1. The van der Waals surface area contributed by atoms with Crippen molar-refractivity contribution < 1.29 is 0 Å². The van der Waals surface area contributed by atoms with E-state index in [9.17, 15) is 0 Å². The Balaban J connectivity index is 1.92. The lowest BCUT2D eigenvalue weighted by Gasteiger charge is -2.39. The zero-order chi connectivity index (χ0) is 15.2. The highest BCUT2D eigenvalue weighted by atomic mass is 79.9. The Morgan fingerprint density at radius 1 is 1.24 bits per heavy atom. The average molecular weight is 353 g/mol. The molecule has 1 saturated heterocycles. The zero-order valence-electron chi connectivity index (χ0n) is 13.1. The van der Waals surface area contributed by atoms with Gasteiger partial charge in [-0.05, 0) is 31.5 Å². The molecule has 1 aliphatic rings. The Morgan fingerprint density at radius 3 is 2.38 bits per heavy atom. The van der Waals surface area contributed by atoms with Crippen molar-refractivity contribution in [1.29, 1.82) is 0 Å². The minimum absolute atomic E-state index is 0.460. The molecule has 0 amide bonds. The Kier molecular flexibility index (Phi) is 6.06. The first-order valence-electron chi connectivity index (χ1n) is 7.60. The molecular weight excluding hydrogens is 328 g/mol. The van der Waals surface area contributed by atoms with Gasteiger partial charge >= 0.3 is 0 Å². The number of rotatable bonds is 3. The molecule has 1 fully saturated rings. The van der Waals surface area contributed by atoms with E-state index in [0.29, 0.717) is 6.04 Å². The van der Waals surface area contributed by atoms with Crippen LogP contribution < -0.4 is 5.32 Å². The Bertz CT molecular complexity index is 464. The van der Waals surface area contributed by atoms with Gasteiger partial charge in [-0.15, -0.1) is 0 Å². The summed E-state index contributed by atoms with van der Waals surface area (Å²) in [5.41, 5.74) is 1.38. The second kappa shape index (κ2) is 7.80. The first-order valence-corrected chi connectivity index (χ1v) is 8.40. The van der Waals surface area contributed by atoms with Crippen molar-refractivity contribution in [1.82, 2.24) is 15.1 Å². The van der Waals surface area contributed by atoms with Crippen LogP contribution in [-0.2, 0) is 0 Å². The Morgan fingerprint density at radius 2 is 1.86 bits per heavy atom. The van der Waals surface area contributed by atoms with Crippen LogP contribution in [0, 0.1) is 0 Å². The highest BCUT2D eigenvalue weighted by Crippen LogP contribution is 2.23. The van der Waals surface area contributed by atoms with Crippen LogP contribution in [0.5, 0.6) is 0 Å². The fraction of sp³-hybridized carbons (Fsp3) is 0.562. The molecule has 4 nitrogen and oxygen atoms in total. The lowest BCUT2D eigenvalue weighted by molar-refractivity contribution is 0.138. The molecule has 1 aromatic rings. The molecule has 21 heavy (non-hydrogen) atoms. The molecule has 5 heteroatoms. The Hall–Kier alpha value is -1.07. The highest BCUT2D eigenvalue weighted by Gasteiger charge is 2.23. The van der Waals surface area contributed by atoms with Gasteiger partial charge in [0.25, 0.3) is 0 Å². The number of hydrogen-bond donors (Lipinski definition) is 1. The molecule has 1 unspecified atom stereocenters. The van der Waals surface area contributed by atoms with Crippen LogP contribution in [0.2, 0.25) is 0 Å². The largest absolute Gasteiger partial charge is 0.357 e. The SMILES string of the molecule is CCNC(=NC)N1CCN(C(C)c2ccc(Br)cc2)CC1. The van der Waals surface area contributed by atoms with Crippen molar-refractivity contribution in [3.63, 3.8) is 0 Å². The number of halogens is 1. The summed E-state index contributed by atoms with van der Waals surface area (Å²) in [4.78, 5) is 9.23. The monoisotopic (exact) mass is 352 g/mol. The van der Waals surface area contributed by atoms with Crippen molar-refractivity contribution in [2.45, 2.75) is 19.9 Å². The standard InChI is InChI=1S/C16H25BrN4/c1-4-19-16(18-3)21-11-9-20(10-12-21)13(2)14-5-7-15(17)8-6-14/h5-8,13H,4,9-12H2,1-3H3,(H,18,19). The quantitative estimate of drug-likeness (QED) is 0.670. The normalized spacial score (nSPS) is 18.7. The molecule has 0 radical (unpaired) electrons. The molecule has 1 heterocycles. The second-order valence-electron chi connectivity index (χ2n) is 5.33. The van der Waals surface area contributed by atoms with E-state index in [1.54, 1.807) is 0 Å². The van der Waals surface area contributed by atoms with Crippen molar-refractivity contribution in [3.8, 4) is 0 Å². The van der Waals surface area contributed by atoms with Gasteiger partial charge in [-0.25, -0.2) is 0 Å². The molecule has 2 rings (SSSR count). The average Bonchev–Trinajstić information content (AvgIpc) is 2.53. The van der Waals surface area contributed by atoms with Crippen LogP contribution in [0.15, 0.2) is 33.7 Å². The summed E-state index contributed by atoms with van der Waals surface area (Å²) in [6.07, 6.45) is 0. The molecule has 0 aliphatic carbocycles. The van der Waals surface area contributed by atoms with E-state index in [-0.39, 0.29) is 0 Å². The minimum atomic E-state index is 0.460. The van der Waals surface area contributed by atoms with Crippen LogP contribution in [0.4, 0.5) is 0 Å². The van der Waals surface area contributed by atoms with E-state index in [4.69, 9.17) is 0 Å². The van der Waals surface area contributed by atoms with E-state index < -0.39 is 0 Å². The lowest BCUT2D eigenvalue weighted by atomic mass is 10.1. The summed E-state index contributed by atoms with van der Waals surface area (Å²) in [5, 5.41) is 3.34. The minimum Gasteiger partial charge on any atom is -0.357 e. The van der Waals surface area contributed by atoms with Crippen molar-refractivity contribution in [3.05, 3.63) is 34.3 Å². The summed E-state index contributed by atoms with van der Waals surface area (Å²) in [6, 6.07) is 9.11. The van der Waals surface area contributed by atoms with Crippen molar-refractivity contribution in [2.24, 2.45) is 4.99 Å². The summed E-state index contributed by atoms with van der Waals surface area (Å²) in [6.45, 7) is 9.52. The number of nitrogens with one attached hydrogen (secondary N) is 1. The molecule has 1 aromatic carbocycles. The fourth-order valence-electron chi connectivity index (χ4n) is 2.76. The number of hydrogen-bond acceptors (Lipinski definition) is 2. The third-order valence-electron chi connectivity index (χ3n) is 4.06. The molecule has 1 N–H and O–H groups in total. The highest BCUT2D eigenvalue weighted by molar-refractivity contribution is 9.10. The number of benzene rings is 1. The first-order chi connectivity index (χ1) is 10.2. The third-order valence-corrected chi connectivity index (χ3v) is 4.59. The van der Waals surface area contributed by atoms with Gasteiger partial charge in [-0.3, -0.25) is 9.89 Å². The summed E-state index contributed by atoms with van der Waals surface area (Å²) < 4.78 is 1.14. The maximum Gasteiger partial charge on any atom is 0.193 e. The van der Waals surface area contributed by atoms with E-state index in [1.165, 1.54) is 5.56 Å². The van der Waals surface area contributed by atoms with E-state index in [2.05, 4.69) is 74.2 Å². The van der Waals surface area contributed by atoms with Crippen LogP contribution in [0.25, 0.3) is 0 Å². The molecule has 0 spiro atoms. The van der Waals surface area contributed by atoms with Crippen molar-refractivity contribution in [2.75, 3.05) is 39.8 Å². The van der Waals surface area contributed by atoms with E-state index in [1.807, 2.05) is 7.05 Å². The molecule has 0 bridgehead atoms. The summed E-state index contributed by atoms with van der Waals surface area (Å²) >= 11 is 3.50. The predicted molar refractivity (Wildman–Crippen MR) is 92.7 cm³/mol. The van der Waals surface area contributed by atoms with Gasteiger partial charge < -0.3 is 10.2 Å². The predicted octanol–water partition coefficient (Wildman–Crippen LogP) is 2.72. The van der Waals surface area contributed by atoms with Gasteiger partial charge in [0.15, 0.2) is 5.96 Å². The molecular formula is C16H25BrN4. The zero-order valence-corrected chi connectivity index (χ0v) is 14.7. The van der Waals surface area contributed by atoms with Crippen LogP contribution in [0.3, 0.4) is 0 Å². The molecule has 1 atom stereocenters. The topological polar surface area (TPSA) is 30.9 Å². The fourth-order valence-corrected chi connectivity index (χ4v) is 3.03. The van der Waals surface area contributed by atoms with E-state index in [0.717, 1.165) is 43.2 Å². The lowest BCUT2D eigenvalue weighted by Crippen LogP contribution is -2.52. The maximum absolute atomic E-state index is 4.35.